The number of rotatable bonds is 9. The van der Waals surface area contributed by atoms with E-state index in [9.17, 15) is 0 Å². The smallest absolute Gasteiger partial charge is 0.0540 e. The minimum atomic E-state index is -0.259. The summed E-state index contributed by atoms with van der Waals surface area (Å²) >= 11 is 0. The lowest BCUT2D eigenvalue weighted by Gasteiger charge is -2.46. The maximum absolute atomic E-state index is 2.61. The highest BCUT2D eigenvalue weighted by Crippen LogP contribution is 2.67. The second kappa shape index (κ2) is 17.3. The van der Waals surface area contributed by atoms with Crippen molar-refractivity contribution in [2.45, 2.75) is 63.2 Å². The number of fused-ring (bicyclic) bond motifs is 4. The van der Waals surface area contributed by atoms with Crippen molar-refractivity contribution in [1.29, 1.82) is 0 Å². The van der Waals surface area contributed by atoms with Gasteiger partial charge >= 0.3 is 0 Å². The zero-order valence-electron chi connectivity index (χ0n) is 39.2. The molecule has 3 unspecified atom stereocenters. The van der Waals surface area contributed by atoms with E-state index in [1.54, 1.807) is 0 Å². The summed E-state index contributed by atoms with van der Waals surface area (Å²) in [7, 11) is 0. The van der Waals surface area contributed by atoms with Gasteiger partial charge in [-0.15, -0.1) is 0 Å². The molecule has 0 heterocycles. The first-order valence-corrected chi connectivity index (χ1v) is 24.8. The monoisotopic (exact) mass is 875 g/mol. The van der Waals surface area contributed by atoms with Crippen LogP contribution in [0.2, 0.25) is 0 Å². The molecule has 1 heteroatoms. The fraction of sp³-hybridized carbons (Fsp3) is 0.164. The summed E-state index contributed by atoms with van der Waals surface area (Å²) in [4.78, 5) is 2.61. The van der Waals surface area contributed by atoms with Gasteiger partial charge in [-0.3, -0.25) is 0 Å². The highest BCUT2D eigenvalue weighted by atomic mass is 15.2. The molecule has 0 N–H and O–H groups in total. The quantitative estimate of drug-likeness (QED) is 0.140. The normalized spacial score (nSPS) is 19.9. The summed E-state index contributed by atoms with van der Waals surface area (Å²) in [5.41, 5.74) is 18.5. The van der Waals surface area contributed by atoms with E-state index in [1.807, 2.05) is 0 Å². The van der Waals surface area contributed by atoms with Crippen LogP contribution in [0, 0.1) is 5.41 Å². The summed E-state index contributed by atoms with van der Waals surface area (Å²) < 4.78 is 0. The summed E-state index contributed by atoms with van der Waals surface area (Å²) in [6.45, 7) is 4.99. The van der Waals surface area contributed by atoms with Crippen molar-refractivity contribution in [3.8, 4) is 33.4 Å². The van der Waals surface area contributed by atoms with Crippen molar-refractivity contribution in [2.75, 3.05) is 4.90 Å². The number of allylic oxidation sites excluding steroid dienone is 4. The Labute approximate surface area is 402 Å². The Morgan fingerprint density at radius 3 is 1.76 bits per heavy atom. The molecule has 9 aromatic carbocycles. The lowest BCUT2D eigenvalue weighted by Crippen LogP contribution is -2.40. The van der Waals surface area contributed by atoms with Crippen molar-refractivity contribution in [2.24, 2.45) is 5.41 Å². The van der Waals surface area contributed by atoms with Crippen LogP contribution in [-0.2, 0) is 5.41 Å². The zero-order chi connectivity index (χ0) is 45.7. The molecular weight excluding hydrogens is 819 g/mol. The van der Waals surface area contributed by atoms with Crippen molar-refractivity contribution in [3.63, 3.8) is 0 Å². The van der Waals surface area contributed by atoms with Gasteiger partial charge in [-0.05, 0) is 104 Å². The van der Waals surface area contributed by atoms with Crippen LogP contribution < -0.4 is 4.90 Å². The molecule has 0 spiro atoms. The second-order valence-electron chi connectivity index (χ2n) is 19.7. The van der Waals surface area contributed by atoms with Crippen LogP contribution in [0.4, 0.5) is 17.1 Å². The van der Waals surface area contributed by atoms with Crippen molar-refractivity contribution < 1.29 is 0 Å². The first-order valence-electron chi connectivity index (χ1n) is 24.8. The molecule has 0 amide bonds. The summed E-state index contributed by atoms with van der Waals surface area (Å²) in [5, 5.41) is 2.70. The van der Waals surface area contributed by atoms with E-state index >= 15 is 0 Å². The molecule has 9 aromatic rings. The van der Waals surface area contributed by atoms with Crippen LogP contribution in [0.25, 0.3) is 49.7 Å². The minimum Gasteiger partial charge on any atom is -0.309 e. The van der Waals surface area contributed by atoms with Gasteiger partial charge in [-0.1, -0.05) is 245 Å². The molecule has 12 rings (SSSR count). The Kier molecular flexibility index (Phi) is 10.7. The maximum atomic E-state index is 2.61. The fourth-order valence-electron chi connectivity index (χ4n) is 12.7. The van der Waals surface area contributed by atoms with Crippen molar-refractivity contribution in [1.82, 2.24) is 0 Å². The van der Waals surface area contributed by atoms with Gasteiger partial charge < -0.3 is 4.90 Å². The molecule has 3 atom stereocenters. The average molecular weight is 876 g/mol. The number of hydrogen-bond acceptors (Lipinski definition) is 1. The molecule has 0 bridgehead atoms. The summed E-state index contributed by atoms with van der Waals surface area (Å²) in [5.74, 6) is 0.668. The fourth-order valence-corrected chi connectivity index (χ4v) is 12.7. The molecule has 0 radical (unpaired) electrons. The molecule has 1 fully saturated rings. The molecule has 0 saturated heterocycles. The minimum absolute atomic E-state index is 0.109. The topological polar surface area (TPSA) is 3.24 Å². The Morgan fingerprint density at radius 2 is 1.01 bits per heavy atom. The van der Waals surface area contributed by atoms with Gasteiger partial charge in [0.25, 0.3) is 0 Å². The molecular formula is C67H57N. The number of hydrogen-bond donors (Lipinski definition) is 0. The molecule has 0 aromatic heterocycles. The lowest BCUT2D eigenvalue weighted by atomic mass is 9.56. The van der Waals surface area contributed by atoms with E-state index in [2.05, 4.69) is 255 Å². The molecule has 3 aliphatic carbocycles. The highest BCUT2D eigenvalue weighted by molar-refractivity contribution is 6.05. The predicted octanol–water partition coefficient (Wildman–Crippen LogP) is 18.4. The second-order valence-corrected chi connectivity index (χ2v) is 19.7. The average Bonchev–Trinajstić information content (AvgIpc) is 3.63. The van der Waals surface area contributed by atoms with Gasteiger partial charge in [0.15, 0.2) is 0 Å². The largest absolute Gasteiger partial charge is 0.309 e. The molecule has 0 aliphatic heterocycles. The van der Waals surface area contributed by atoms with Gasteiger partial charge in [-0.2, -0.15) is 0 Å². The Bertz CT molecular complexity index is 3350. The molecule has 1 saturated carbocycles. The molecule has 3 aliphatic rings. The number of para-hydroxylation sites is 2. The standard InChI is InChI=1S/C67H57N/c1-66-45-23-39-57(65(66)58-36-15-18-40-60(58)67(66,2)52-32-13-6-14-33-52)55-35-17-20-42-62(55)68(63-44-43-51(47-24-7-3-8-25-47)46-59(63)49-28-11-5-12-29-49)61-41-19-16-34-54(61)56-38-22-31-50-30-21-37-53(64(50)56)48-26-9-4-10-27-48/h3,5-8,11-25,28-46,48,65H,4,9-10,26-27H2,1-2H3. The van der Waals surface area contributed by atoms with Crippen molar-refractivity contribution >= 4 is 33.4 Å². The van der Waals surface area contributed by atoms with Crippen molar-refractivity contribution in [3.05, 3.63) is 264 Å². The summed E-state index contributed by atoms with van der Waals surface area (Å²) in [6.07, 6.45) is 13.7. The number of benzene rings is 9. The lowest BCUT2D eigenvalue weighted by molar-refractivity contribution is 0.272. The molecule has 330 valence electrons. The van der Waals surface area contributed by atoms with Crippen LogP contribution in [0.1, 0.15) is 85.6 Å². The van der Waals surface area contributed by atoms with E-state index in [1.165, 1.54) is 110 Å². The predicted molar refractivity (Wildman–Crippen MR) is 288 cm³/mol. The van der Waals surface area contributed by atoms with Crippen LogP contribution in [-0.4, -0.2) is 0 Å². The number of nitrogens with zero attached hydrogens (tertiary/aromatic N) is 1. The van der Waals surface area contributed by atoms with Crippen LogP contribution >= 0.6 is 0 Å². The molecule has 1 nitrogen and oxygen atoms in total. The van der Waals surface area contributed by atoms with Crippen LogP contribution in [0.15, 0.2) is 237 Å². The van der Waals surface area contributed by atoms with Gasteiger partial charge in [0.2, 0.25) is 0 Å². The Balaban J connectivity index is 1.13. The van der Waals surface area contributed by atoms with E-state index in [0.29, 0.717) is 5.92 Å². The number of anilines is 3. The first kappa shape index (κ1) is 41.9. The molecule has 68 heavy (non-hydrogen) atoms. The summed E-state index contributed by atoms with van der Waals surface area (Å²) in [6, 6.07) is 81.9. The maximum Gasteiger partial charge on any atom is 0.0540 e. The third-order valence-electron chi connectivity index (χ3n) is 16.2. The van der Waals surface area contributed by atoms with Gasteiger partial charge in [-0.25, -0.2) is 0 Å². The Hall–Kier alpha value is -7.48. The first-order chi connectivity index (χ1) is 33.5. The SMILES string of the molecule is CC1(c2ccccc2)c2ccccc2C2C(c3ccccc3N(c3ccc(-c4ccccc4)cc3-c3ccccc3)c3ccccc3-c3cccc4cccc(C5CCCCC5)c34)=CC=CC21C. The third kappa shape index (κ3) is 6.82. The Morgan fingerprint density at radius 1 is 0.441 bits per heavy atom. The van der Waals surface area contributed by atoms with E-state index < -0.39 is 0 Å². The van der Waals surface area contributed by atoms with Crippen LogP contribution in [0.3, 0.4) is 0 Å². The van der Waals surface area contributed by atoms with E-state index in [4.69, 9.17) is 0 Å². The highest BCUT2D eigenvalue weighted by Gasteiger charge is 2.58. The van der Waals surface area contributed by atoms with Gasteiger partial charge in [0.05, 0.1) is 17.1 Å². The zero-order valence-corrected chi connectivity index (χ0v) is 39.2. The van der Waals surface area contributed by atoms with Gasteiger partial charge in [0.1, 0.15) is 0 Å². The van der Waals surface area contributed by atoms with E-state index in [0.717, 1.165) is 17.1 Å². The third-order valence-corrected chi connectivity index (χ3v) is 16.2. The van der Waals surface area contributed by atoms with Gasteiger partial charge in [0, 0.05) is 33.4 Å². The van der Waals surface area contributed by atoms with E-state index in [-0.39, 0.29) is 16.7 Å². The van der Waals surface area contributed by atoms with Crippen LogP contribution in [0.5, 0.6) is 0 Å².